The van der Waals surface area contributed by atoms with Crippen LogP contribution in [0.4, 0.5) is 0 Å². The van der Waals surface area contributed by atoms with Crippen LogP contribution >= 0.6 is 0 Å². The number of benzene rings is 1. The lowest BCUT2D eigenvalue weighted by atomic mass is 10.1. The standard InChI is InChI=1S/C13H17N3/c1-16-10-15-9-13(16)12-6-4-11(5-7-12)3-2-8-14/h4-7,9-10H,2-3,8,14H2,1H3. The maximum absolute atomic E-state index is 5.49. The van der Waals surface area contributed by atoms with E-state index in [0.717, 1.165) is 25.1 Å². The number of hydrogen-bond donors (Lipinski definition) is 1. The van der Waals surface area contributed by atoms with E-state index in [-0.39, 0.29) is 0 Å². The minimum absolute atomic E-state index is 0.753. The van der Waals surface area contributed by atoms with Crippen LogP contribution in [0, 0.1) is 0 Å². The Morgan fingerprint density at radius 2 is 2.00 bits per heavy atom. The van der Waals surface area contributed by atoms with Gasteiger partial charge in [0.15, 0.2) is 0 Å². The van der Waals surface area contributed by atoms with Crippen LogP contribution in [0.1, 0.15) is 12.0 Å². The van der Waals surface area contributed by atoms with Crippen molar-refractivity contribution in [3.05, 3.63) is 42.4 Å². The van der Waals surface area contributed by atoms with Gasteiger partial charge in [-0.1, -0.05) is 24.3 Å². The van der Waals surface area contributed by atoms with Crippen molar-refractivity contribution in [2.24, 2.45) is 12.8 Å². The molecule has 16 heavy (non-hydrogen) atoms. The van der Waals surface area contributed by atoms with Gasteiger partial charge >= 0.3 is 0 Å². The molecule has 1 aromatic heterocycles. The highest BCUT2D eigenvalue weighted by molar-refractivity contribution is 5.59. The molecule has 0 atom stereocenters. The summed E-state index contributed by atoms with van der Waals surface area (Å²) in [6.07, 6.45) is 5.81. The van der Waals surface area contributed by atoms with E-state index in [4.69, 9.17) is 5.73 Å². The molecule has 2 rings (SSSR count). The van der Waals surface area contributed by atoms with Crippen molar-refractivity contribution < 1.29 is 0 Å². The van der Waals surface area contributed by atoms with Crippen molar-refractivity contribution in [2.45, 2.75) is 12.8 Å². The Hall–Kier alpha value is -1.61. The van der Waals surface area contributed by atoms with Crippen molar-refractivity contribution in [3.8, 4) is 11.3 Å². The number of imidazole rings is 1. The first-order valence-electron chi connectivity index (χ1n) is 5.57. The number of nitrogens with two attached hydrogens (primary N) is 1. The maximum Gasteiger partial charge on any atom is 0.0948 e. The molecular weight excluding hydrogens is 198 g/mol. The van der Waals surface area contributed by atoms with Crippen molar-refractivity contribution >= 4 is 0 Å². The molecule has 0 radical (unpaired) electrons. The van der Waals surface area contributed by atoms with Crippen molar-refractivity contribution in [1.29, 1.82) is 0 Å². The summed E-state index contributed by atoms with van der Waals surface area (Å²) in [5.41, 5.74) is 9.18. The quantitative estimate of drug-likeness (QED) is 0.847. The Balaban J connectivity index is 2.16. The first-order valence-corrected chi connectivity index (χ1v) is 5.57. The SMILES string of the molecule is Cn1cncc1-c1ccc(CCCN)cc1. The fourth-order valence-corrected chi connectivity index (χ4v) is 1.78. The van der Waals surface area contributed by atoms with E-state index in [1.54, 1.807) is 0 Å². The van der Waals surface area contributed by atoms with E-state index in [2.05, 4.69) is 29.2 Å². The predicted molar refractivity (Wildman–Crippen MR) is 66.0 cm³/mol. The average Bonchev–Trinajstić information content (AvgIpc) is 2.74. The molecule has 0 aliphatic rings. The van der Waals surface area contributed by atoms with Crippen molar-refractivity contribution in [1.82, 2.24) is 9.55 Å². The fraction of sp³-hybridized carbons (Fsp3) is 0.308. The normalized spacial score (nSPS) is 10.6. The van der Waals surface area contributed by atoms with Crippen LogP contribution in [-0.4, -0.2) is 16.1 Å². The summed E-state index contributed by atoms with van der Waals surface area (Å²) in [5.74, 6) is 0. The molecule has 0 bridgehead atoms. The van der Waals surface area contributed by atoms with Gasteiger partial charge in [-0.15, -0.1) is 0 Å². The van der Waals surface area contributed by atoms with Gasteiger partial charge in [-0.3, -0.25) is 0 Å². The number of aromatic nitrogens is 2. The molecule has 1 aromatic carbocycles. The molecular formula is C13H17N3. The van der Waals surface area contributed by atoms with Crippen LogP contribution in [0.25, 0.3) is 11.3 Å². The molecule has 0 saturated heterocycles. The van der Waals surface area contributed by atoms with Gasteiger partial charge in [-0.25, -0.2) is 4.98 Å². The molecule has 2 N–H and O–H groups in total. The lowest BCUT2D eigenvalue weighted by Gasteiger charge is -2.04. The van der Waals surface area contributed by atoms with Crippen LogP contribution in [0.3, 0.4) is 0 Å². The molecule has 0 saturated carbocycles. The van der Waals surface area contributed by atoms with E-state index < -0.39 is 0 Å². The summed E-state index contributed by atoms with van der Waals surface area (Å²) in [6, 6.07) is 8.61. The van der Waals surface area contributed by atoms with Crippen molar-refractivity contribution in [3.63, 3.8) is 0 Å². The van der Waals surface area contributed by atoms with Gasteiger partial charge in [0.25, 0.3) is 0 Å². The number of nitrogens with zero attached hydrogens (tertiary/aromatic N) is 2. The van der Waals surface area contributed by atoms with Gasteiger partial charge in [0.05, 0.1) is 18.2 Å². The second kappa shape index (κ2) is 4.94. The van der Waals surface area contributed by atoms with E-state index in [9.17, 15) is 0 Å². The first-order chi connectivity index (χ1) is 7.81. The van der Waals surface area contributed by atoms with Gasteiger partial charge < -0.3 is 10.3 Å². The molecule has 3 heteroatoms. The average molecular weight is 215 g/mol. The monoisotopic (exact) mass is 215 g/mol. The van der Waals surface area contributed by atoms with Crippen LogP contribution < -0.4 is 5.73 Å². The minimum atomic E-state index is 0.753. The molecule has 3 nitrogen and oxygen atoms in total. The Labute approximate surface area is 95.9 Å². The maximum atomic E-state index is 5.49. The van der Waals surface area contributed by atoms with Crippen molar-refractivity contribution in [2.75, 3.05) is 6.54 Å². The Morgan fingerprint density at radius 1 is 1.25 bits per heavy atom. The summed E-state index contributed by atoms with van der Waals surface area (Å²) < 4.78 is 2.02. The topological polar surface area (TPSA) is 43.8 Å². The fourth-order valence-electron chi connectivity index (χ4n) is 1.78. The highest BCUT2D eigenvalue weighted by Crippen LogP contribution is 2.18. The van der Waals surface area contributed by atoms with Crippen LogP contribution in [-0.2, 0) is 13.5 Å². The van der Waals surface area contributed by atoms with E-state index in [1.165, 1.54) is 11.1 Å². The molecule has 2 aromatic rings. The number of aryl methyl sites for hydroxylation is 2. The molecule has 1 heterocycles. The predicted octanol–water partition coefficient (Wildman–Crippen LogP) is 1.98. The van der Waals surface area contributed by atoms with Gasteiger partial charge in [0.1, 0.15) is 0 Å². The van der Waals surface area contributed by atoms with Gasteiger partial charge in [0, 0.05) is 7.05 Å². The van der Waals surface area contributed by atoms with Crippen LogP contribution in [0.15, 0.2) is 36.8 Å². The third kappa shape index (κ3) is 2.31. The third-order valence-corrected chi connectivity index (χ3v) is 2.74. The van der Waals surface area contributed by atoms with Crippen LogP contribution in [0.2, 0.25) is 0 Å². The number of rotatable bonds is 4. The molecule has 0 aliphatic heterocycles. The van der Waals surface area contributed by atoms with Crippen LogP contribution in [0.5, 0.6) is 0 Å². The molecule has 0 spiro atoms. The summed E-state index contributed by atoms with van der Waals surface area (Å²) >= 11 is 0. The summed E-state index contributed by atoms with van der Waals surface area (Å²) in [4.78, 5) is 4.12. The highest BCUT2D eigenvalue weighted by atomic mass is 15.0. The zero-order valence-electron chi connectivity index (χ0n) is 9.56. The second-order valence-electron chi connectivity index (χ2n) is 3.98. The van der Waals surface area contributed by atoms with Gasteiger partial charge in [0.2, 0.25) is 0 Å². The lowest BCUT2D eigenvalue weighted by molar-refractivity contribution is 0.832. The Morgan fingerprint density at radius 3 is 2.56 bits per heavy atom. The first kappa shape index (κ1) is 10.9. The lowest BCUT2D eigenvalue weighted by Crippen LogP contribution is -2.00. The second-order valence-corrected chi connectivity index (χ2v) is 3.98. The number of hydrogen-bond acceptors (Lipinski definition) is 2. The van der Waals surface area contributed by atoms with E-state index in [1.807, 2.05) is 24.1 Å². The highest BCUT2D eigenvalue weighted by Gasteiger charge is 2.01. The van der Waals surface area contributed by atoms with E-state index >= 15 is 0 Å². The van der Waals surface area contributed by atoms with E-state index in [0.29, 0.717) is 0 Å². The molecule has 0 fully saturated rings. The molecule has 0 aliphatic carbocycles. The van der Waals surface area contributed by atoms with Gasteiger partial charge in [-0.05, 0) is 30.5 Å². The zero-order chi connectivity index (χ0) is 11.4. The Bertz CT molecular complexity index is 442. The Kier molecular flexibility index (Phi) is 3.37. The zero-order valence-corrected chi connectivity index (χ0v) is 9.56. The van der Waals surface area contributed by atoms with Gasteiger partial charge in [-0.2, -0.15) is 0 Å². The molecule has 0 unspecified atom stereocenters. The molecule has 84 valence electrons. The molecule has 0 amide bonds. The summed E-state index contributed by atoms with van der Waals surface area (Å²) in [6.45, 7) is 0.753. The largest absolute Gasteiger partial charge is 0.334 e. The summed E-state index contributed by atoms with van der Waals surface area (Å²) in [5, 5.41) is 0. The minimum Gasteiger partial charge on any atom is -0.334 e. The summed E-state index contributed by atoms with van der Waals surface area (Å²) in [7, 11) is 2.00. The smallest absolute Gasteiger partial charge is 0.0948 e. The third-order valence-electron chi connectivity index (χ3n) is 2.74.